The van der Waals surface area contributed by atoms with Crippen LogP contribution in [0.25, 0.3) is 150 Å². The Morgan fingerprint density at radius 2 is 0.789 bits per heavy atom. The van der Waals surface area contributed by atoms with E-state index in [0.29, 0.717) is 0 Å². The highest BCUT2D eigenvalue weighted by Crippen LogP contribution is 2.57. The number of H-pyrrole nitrogens is 2. The summed E-state index contributed by atoms with van der Waals surface area (Å²) in [5.74, 6) is 0. The van der Waals surface area contributed by atoms with Crippen molar-refractivity contribution < 1.29 is 0 Å². The molecule has 2 aliphatic rings. The fourth-order valence-electron chi connectivity index (χ4n) is 12.5. The van der Waals surface area contributed by atoms with Crippen LogP contribution >= 0.6 is 0 Å². The van der Waals surface area contributed by atoms with Gasteiger partial charge >= 0.3 is 0 Å². The van der Waals surface area contributed by atoms with Crippen LogP contribution in [0, 0.1) is 0 Å². The number of rotatable bonds is 7. The van der Waals surface area contributed by atoms with Crippen LogP contribution in [0.3, 0.4) is 0 Å². The van der Waals surface area contributed by atoms with Gasteiger partial charge in [-0.15, -0.1) is 10.2 Å². The average Bonchev–Trinajstić information content (AvgIpc) is 4.45. The Morgan fingerprint density at radius 3 is 1.46 bits per heavy atom. The third-order valence-electron chi connectivity index (χ3n) is 15.8. The van der Waals surface area contributed by atoms with Gasteiger partial charge in [-0.3, -0.25) is 0 Å². The summed E-state index contributed by atoms with van der Waals surface area (Å²) in [6.07, 6.45) is 2.40. The summed E-state index contributed by atoms with van der Waals surface area (Å²) in [5, 5.41) is 22.0. The van der Waals surface area contributed by atoms with E-state index in [1.807, 2.05) is 0 Å². The zero-order valence-corrected chi connectivity index (χ0v) is 40.9. The quantitative estimate of drug-likeness (QED) is 0.167. The number of aromatic nitrogens is 5. The van der Waals surface area contributed by atoms with Crippen molar-refractivity contribution in [2.75, 3.05) is 0 Å². The zero-order valence-electron chi connectivity index (χ0n) is 40.9. The molecule has 0 atom stereocenters. The Bertz CT molecular complexity index is 4860. The maximum Gasteiger partial charge on any atom is 0.106 e. The minimum Gasteiger partial charge on any atom is -0.354 e. The molecule has 14 aromatic rings. The third-order valence-corrected chi connectivity index (χ3v) is 15.8. The second-order valence-corrected chi connectivity index (χ2v) is 19.8. The molecule has 0 bridgehead atoms. The van der Waals surface area contributed by atoms with E-state index in [1.165, 1.54) is 5.39 Å². The highest BCUT2D eigenvalue weighted by molar-refractivity contribution is 6.23. The summed E-state index contributed by atoms with van der Waals surface area (Å²) in [6, 6.07) is 84.6. The molecule has 0 fully saturated rings. The molecule has 0 saturated heterocycles. The molecule has 0 radical (unpaired) electrons. The minimum absolute atomic E-state index is 0.724. The summed E-state index contributed by atoms with van der Waals surface area (Å²) in [7, 11) is 0. The molecular weight excluding hydrogens is 925 g/mol. The molecule has 0 saturated carbocycles. The topological polar surface area (TPSA) is 82.6 Å². The van der Waals surface area contributed by atoms with Crippen LogP contribution in [0.2, 0.25) is 0 Å². The van der Waals surface area contributed by atoms with Gasteiger partial charge in [0, 0.05) is 87.9 Å². The minimum atomic E-state index is 0.724. The van der Waals surface area contributed by atoms with Gasteiger partial charge in [-0.2, -0.15) is 0 Å². The molecule has 0 spiro atoms. The molecule has 6 heteroatoms. The van der Waals surface area contributed by atoms with E-state index in [9.17, 15) is 0 Å². The highest BCUT2D eigenvalue weighted by Gasteiger charge is 2.36. The van der Waals surface area contributed by atoms with Gasteiger partial charge in [0.05, 0.1) is 22.1 Å². The second kappa shape index (κ2) is 16.6. The first-order chi connectivity index (χ1) is 37.7. The Kier molecular flexibility index (Phi) is 9.23. The Balaban J connectivity index is 1.18. The summed E-state index contributed by atoms with van der Waals surface area (Å²) in [6.45, 7) is 0. The van der Waals surface area contributed by atoms with Gasteiger partial charge in [0.1, 0.15) is 11.4 Å². The lowest BCUT2D eigenvalue weighted by atomic mass is 9.76. The molecule has 0 amide bonds. The summed E-state index contributed by atoms with van der Waals surface area (Å²) in [4.78, 5) is 13.4. The predicted molar refractivity (Wildman–Crippen MR) is 311 cm³/mol. The molecule has 6 nitrogen and oxygen atoms in total. The number of hydrogen-bond acceptors (Lipinski definition) is 4. The van der Waals surface area contributed by atoms with E-state index in [0.717, 1.165) is 160 Å². The SMILES string of the molecule is C1=c2c(ccc3c2=Nc2ccccc2-3)-c2c1c(-c1nnnc(-c3ccccc3)c1-c1ccccc1-c1ccccc1)c(-c1cccc3c1[nH]c1ccccc13)c(-c1cccc3c1[nH]c1ccccc13)c2-c1ccccc1. The maximum absolute atomic E-state index is 5.45. The number of para-hydroxylation sites is 5. The van der Waals surface area contributed by atoms with Crippen LogP contribution in [0.15, 0.2) is 242 Å². The van der Waals surface area contributed by atoms with Gasteiger partial charge < -0.3 is 9.97 Å². The number of benzene rings is 11. The number of nitrogens with one attached hydrogen (secondary N) is 2. The molecule has 2 N–H and O–H groups in total. The zero-order chi connectivity index (χ0) is 49.8. The van der Waals surface area contributed by atoms with Crippen molar-refractivity contribution in [3.63, 3.8) is 0 Å². The number of nitrogens with zero attached hydrogens (tertiary/aromatic N) is 4. The van der Waals surface area contributed by atoms with Gasteiger partial charge in [0.2, 0.25) is 0 Å². The highest BCUT2D eigenvalue weighted by atomic mass is 15.3. The number of fused-ring (bicyclic) bond motifs is 13. The molecule has 4 heterocycles. The molecule has 1 aliphatic carbocycles. The second-order valence-electron chi connectivity index (χ2n) is 19.8. The van der Waals surface area contributed by atoms with Crippen molar-refractivity contribution in [2.24, 2.45) is 4.99 Å². The van der Waals surface area contributed by atoms with E-state index in [4.69, 9.17) is 20.4 Å². The van der Waals surface area contributed by atoms with Crippen molar-refractivity contribution >= 4 is 55.4 Å². The van der Waals surface area contributed by atoms with Crippen LogP contribution in [0.5, 0.6) is 0 Å². The third kappa shape index (κ3) is 6.22. The molecule has 1 aliphatic heterocycles. The van der Waals surface area contributed by atoms with Crippen LogP contribution in [0.1, 0.15) is 5.56 Å². The number of hydrogen-bond donors (Lipinski definition) is 2. The predicted octanol–water partition coefficient (Wildman–Crippen LogP) is 16.6. The van der Waals surface area contributed by atoms with Crippen LogP contribution in [-0.2, 0) is 0 Å². The smallest absolute Gasteiger partial charge is 0.106 e. The van der Waals surface area contributed by atoms with Gasteiger partial charge in [0.25, 0.3) is 0 Å². The molecule has 352 valence electrons. The lowest BCUT2D eigenvalue weighted by Gasteiger charge is -2.27. The first-order valence-corrected chi connectivity index (χ1v) is 25.8. The molecular formula is C70H42N6. The normalized spacial score (nSPS) is 12.2. The Hall–Kier alpha value is -10.3. The van der Waals surface area contributed by atoms with Crippen LogP contribution in [0.4, 0.5) is 5.69 Å². The monoisotopic (exact) mass is 966 g/mol. The first kappa shape index (κ1) is 42.2. The summed E-state index contributed by atoms with van der Waals surface area (Å²) < 4.78 is 0. The number of aromatic amines is 2. The van der Waals surface area contributed by atoms with Crippen molar-refractivity contribution in [1.29, 1.82) is 0 Å². The lowest BCUT2D eigenvalue weighted by molar-refractivity contribution is 0.879. The van der Waals surface area contributed by atoms with Gasteiger partial charge in [0.15, 0.2) is 0 Å². The summed E-state index contributed by atoms with van der Waals surface area (Å²) in [5.41, 5.74) is 24.6. The van der Waals surface area contributed by atoms with Crippen LogP contribution < -0.4 is 10.6 Å². The fraction of sp³-hybridized carbons (Fsp3) is 0. The molecule has 3 aromatic heterocycles. The van der Waals surface area contributed by atoms with Gasteiger partial charge in [-0.05, 0) is 74.0 Å². The Morgan fingerprint density at radius 1 is 0.289 bits per heavy atom. The van der Waals surface area contributed by atoms with Crippen molar-refractivity contribution in [3.05, 3.63) is 253 Å². The average molecular weight is 967 g/mol. The van der Waals surface area contributed by atoms with E-state index in [1.54, 1.807) is 0 Å². The van der Waals surface area contributed by atoms with E-state index in [-0.39, 0.29) is 0 Å². The standard InChI is InChI=1S/C70H42N6/c1-4-20-41(21-5-1)44-26-10-11-30-48(44)65-66(43-24-8-3-9-25-43)74-76-75-70(65)64-56-40-55-49(38-39-52-47-29-14-17-37-59(47)73-69(52)55)61(56)60(42-22-6-2-7-23-42)62(53-33-18-31-50-45-27-12-15-35-57(45)71-67(50)53)63(64)54-34-19-32-51-46-28-13-16-36-58(46)72-68(51)54/h1-40,71-72H. The van der Waals surface area contributed by atoms with Crippen molar-refractivity contribution in [1.82, 2.24) is 25.4 Å². The van der Waals surface area contributed by atoms with E-state index < -0.39 is 0 Å². The van der Waals surface area contributed by atoms with Gasteiger partial charge in [-0.25, -0.2) is 4.99 Å². The first-order valence-electron chi connectivity index (χ1n) is 25.8. The van der Waals surface area contributed by atoms with E-state index >= 15 is 0 Å². The summed E-state index contributed by atoms with van der Waals surface area (Å²) >= 11 is 0. The van der Waals surface area contributed by atoms with Crippen molar-refractivity contribution in [3.8, 4) is 100 Å². The van der Waals surface area contributed by atoms with Gasteiger partial charge in [-0.1, -0.05) is 218 Å². The molecule has 16 rings (SSSR count). The maximum atomic E-state index is 5.45. The largest absolute Gasteiger partial charge is 0.354 e. The lowest BCUT2D eigenvalue weighted by Crippen LogP contribution is -2.25. The van der Waals surface area contributed by atoms with E-state index in [2.05, 4.69) is 253 Å². The van der Waals surface area contributed by atoms with Crippen molar-refractivity contribution in [2.45, 2.75) is 0 Å². The fourth-order valence-corrected chi connectivity index (χ4v) is 12.5. The van der Waals surface area contributed by atoms with Crippen LogP contribution in [-0.4, -0.2) is 25.4 Å². The molecule has 11 aromatic carbocycles. The molecule has 76 heavy (non-hydrogen) atoms. The molecule has 0 unspecified atom stereocenters. The Labute approximate surface area is 436 Å².